The fourth-order valence-corrected chi connectivity index (χ4v) is 0. The molecule has 0 spiro atoms. The molecule has 0 N–H and O–H groups in total. The molecule has 0 radical (unpaired) electrons. The predicted octanol–water partition coefficient (Wildman–Crippen LogP) is 2.53. The first-order valence-electron chi connectivity index (χ1n) is 1.07. The smallest absolute Gasteiger partial charge is 0.430 e. The third-order valence-electron chi connectivity index (χ3n) is 0.167. The minimum absolute atomic E-state index is 0. The molecule has 0 fully saturated rings. The van der Waals surface area contributed by atoms with E-state index in [0.29, 0.717) is 0 Å². The van der Waals surface area contributed by atoms with E-state index in [-0.39, 0.29) is 82.9 Å². The second kappa shape index (κ2) is 29.2. The summed E-state index contributed by atoms with van der Waals surface area (Å²) in [6.45, 7) is 0. The van der Waals surface area contributed by atoms with E-state index in [1.807, 2.05) is 0 Å². The molecule has 0 heterocycles. The molecule has 0 aliphatic heterocycles. The monoisotopic (exact) mass is 606 g/mol. The van der Waals surface area contributed by atoms with Crippen LogP contribution in [0.5, 0.6) is 0 Å². The fourth-order valence-electron chi connectivity index (χ4n) is 0. The van der Waals surface area contributed by atoms with E-state index in [1.54, 1.807) is 0 Å². The first-order valence-corrected chi connectivity index (χ1v) is 2.70. The third-order valence-corrected chi connectivity index (χ3v) is 1.50. The summed E-state index contributed by atoms with van der Waals surface area (Å²) < 4.78 is 0.444. The molecule has 0 aromatic rings. The van der Waals surface area contributed by atoms with Gasteiger partial charge >= 0.3 is 44.8 Å². The first-order chi connectivity index (χ1) is 2.64. The average Bonchev–Trinajstić information content (AvgIpc) is 1.36. The van der Waals surface area contributed by atoms with Crippen molar-refractivity contribution in [2.24, 2.45) is 0 Å². The van der Waals surface area contributed by atoms with Crippen molar-refractivity contribution in [1.29, 1.82) is 0 Å². The van der Waals surface area contributed by atoms with Crippen LogP contribution in [0.4, 0.5) is 0 Å². The van der Waals surface area contributed by atoms with Gasteiger partial charge in [0.15, 0.2) is 0 Å². The van der Waals surface area contributed by atoms with Gasteiger partial charge in [-0.25, -0.2) is 0 Å². The second-order valence-electron chi connectivity index (χ2n) is 0.575. The molecule has 6 heteroatoms. The van der Waals surface area contributed by atoms with Crippen molar-refractivity contribution < 1.29 is 44.8 Å². The Balaban J connectivity index is -0.00000000833. The molecule has 0 aliphatic rings. The van der Waals surface area contributed by atoms with Crippen LogP contribution in [0.25, 0.3) is 0 Å². The van der Waals surface area contributed by atoms with Gasteiger partial charge in [0.1, 0.15) is 0 Å². The van der Waals surface area contributed by atoms with Gasteiger partial charge in [0.25, 0.3) is 0 Å². The fraction of sp³-hybridized carbons (Fsp3) is 0. The van der Waals surface area contributed by atoms with Crippen LogP contribution >= 0.6 is 24.4 Å². The maximum atomic E-state index is 4.39. The largest absolute Gasteiger partial charge is 3.00 e. The molecule has 0 bridgehead atoms. The maximum Gasteiger partial charge on any atom is 3.00 e. The summed E-state index contributed by atoms with van der Waals surface area (Å²) in [5, 5.41) is 0. The summed E-state index contributed by atoms with van der Waals surface area (Å²) in [6.07, 6.45) is 0. The summed E-state index contributed by atoms with van der Waals surface area (Å²) in [7, 11) is 0. The predicted molar refractivity (Wildman–Crippen MR) is 65.6 cm³/mol. The molecular formula is C6H12Au2S4. The zero-order chi connectivity index (χ0) is 5.15. The summed E-state index contributed by atoms with van der Waals surface area (Å²) in [5.74, 6) is 0. The molecule has 0 unspecified atom stereocenters. The van der Waals surface area contributed by atoms with Crippen molar-refractivity contribution in [3.63, 3.8) is 0 Å². The van der Waals surface area contributed by atoms with Crippen LogP contribution in [0, 0.1) is 29.7 Å². The van der Waals surface area contributed by atoms with Gasteiger partial charge in [-0.2, -0.15) is 0 Å². The van der Waals surface area contributed by atoms with Gasteiger partial charge in [-0.05, 0) is 0 Å². The molecule has 12 heavy (non-hydrogen) atoms. The summed E-state index contributed by atoms with van der Waals surface area (Å²) in [6, 6.07) is 0. The molecule has 0 amide bonds. The molecule has 0 saturated heterocycles. The maximum absolute atomic E-state index is 4.39. The Bertz CT molecular complexity index is 83.5. The van der Waals surface area contributed by atoms with Crippen LogP contribution in [-0.4, -0.2) is 8.39 Å². The zero-order valence-corrected chi connectivity index (χ0v) is 14.8. The van der Waals surface area contributed by atoms with Gasteiger partial charge in [-0.3, -0.25) is 0 Å². The minimum Gasteiger partial charge on any atom is -0.430 e. The molecule has 0 saturated carbocycles. The zero-order valence-electron chi connectivity index (χ0n) is 7.24. The van der Waals surface area contributed by atoms with Gasteiger partial charge in [0, 0.05) is 0 Å². The Labute approximate surface area is 131 Å². The van der Waals surface area contributed by atoms with E-state index in [1.165, 1.54) is 0 Å². The molecule has 82 valence electrons. The van der Waals surface area contributed by atoms with Gasteiger partial charge < -0.3 is 79.4 Å². The van der Waals surface area contributed by atoms with Crippen molar-refractivity contribution in [3.8, 4) is 0 Å². The van der Waals surface area contributed by atoms with Crippen LogP contribution in [0.1, 0.15) is 0 Å². The molecule has 0 aliphatic carbocycles. The van der Waals surface area contributed by atoms with Crippen LogP contribution in [0.2, 0.25) is 0 Å². The van der Waals surface area contributed by atoms with E-state index in [9.17, 15) is 0 Å². The van der Waals surface area contributed by atoms with Crippen LogP contribution in [0.15, 0.2) is 0 Å². The second-order valence-corrected chi connectivity index (χ2v) is 2.72. The van der Waals surface area contributed by atoms with Gasteiger partial charge in [-0.1, -0.05) is 0 Å². The normalized spacial score (nSPS) is 3.67. The molecule has 0 nitrogen and oxygen atoms in total. The summed E-state index contributed by atoms with van der Waals surface area (Å²) in [4.78, 5) is 0. The van der Waals surface area contributed by atoms with Crippen LogP contribution in [-0.2, 0) is 70.0 Å². The van der Waals surface area contributed by atoms with E-state index in [4.69, 9.17) is 0 Å². The number of thiocarbonyl (C=S) groups is 2. The third kappa shape index (κ3) is 40.1. The van der Waals surface area contributed by atoms with Gasteiger partial charge in [0.2, 0.25) is 0 Å². The van der Waals surface area contributed by atoms with Gasteiger partial charge in [0.05, 0.1) is 0 Å². The topological polar surface area (TPSA) is 0 Å². The van der Waals surface area contributed by atoms with Crippen LogP contribution in [0.3, 0.4) is 0 Å². The number of rotatable bonds is 1. The summed E-state index contributed by atoms with van der Waals surface area (Å²) in [5.41, 5.74) is 0. The van der Waals surface area contributed by atoms with E-state index in [0.717, 1.165) is 0 Å². The van der Waals surface area contributed by atoms with Crippen molar-refractivity contribution >= 4 is 58.1 Å². The summed E-state index contributed by atoms with van der Waals surface area (Å²) >= 11 is 17.6. The van der Waals surface area contributed by atoms with E-state index >= 15 is 0 Å². The molecular weight excluding hydrogens is 594 g/mol. The quantitative estimate of drug-likeness (QED) is 0.195. The van der Waals surface area contributed by atoms with Gasteiger partial charge in [-0.15, -0.1) is 8.39 Å². The average molecular weight is 606 g/mol. The molecule has 0 aromatic heterocycles. The number of hydrogen-bond donors (Lipinski definition) is 0. The van der Waals surface area contributed by atoms with E-state index in [2.05, 4.69) is 49.7 Å². The van der Waals surface area contributed by atoms with Crippen molar-refractivity contribution in [2.45, 2.75) is 0 Å². The Kier molecular flexibility index (Phi) is 117. The molecule has 0 rings (SSSR count). The van der Waals surface area contributed by atoms with E-state index < -0.39 is 0 Å². The standard InChI is InChI=1S/C2H2S4.4CH3.2Au/c3-1(4)2(5)6;;;;;;/h(H,3,4)(H,5,6);4*1H3;;/q;4*-1;2*+3/p-2. The minimum atomic E-state index is 0. The Morgan fingerprint density at radius 1 is 0.667 bits per heavy atom. The van der Waals surface area contributed by atoms with Crippen molar-refractivity contribution in [2.75, 3.05) is 0 Å². The molecule has 0 atom stereocenters. The number of hydrogen-bond acceptors (Lipinski definition) is 4. The Hall–Kier alpha value is 2.10. The van der Waals surface area contributed by atoms with Crippen molar-refractivity contribution in [3.05, 3.63) is 29.7 Å². The van der Waals surface area contributed by atoms with Crippen molar-refractivity contribution in [1.82, 2.24) is 0 Å². The first kappa shape index (κ1) is 48.0. The van der Waals surface area contributed by atoms with Crippen LogP contribution < -0.4 is 0 Å². The SMILES string of the molecule is S=C([S-])C(=S)[S-].[Au+3].[Au+3].[CH3-].[CH3-].[CH3-].[CH3-]. The molecule has 0 aromatic carbocycles. The Morgan fingerprint density at radius 3 is 0.750 bits per heavy atom. The Morgan fingerprint density at radius 2 is 0.750 bits per heavy atom.